The normalized spacial score (nSPS) is 33.9. The quantitative estimate of drug-likeness (QED) is 0.724. The molecule has 0 bridgehead atoms. The van der Waals surface area contributed by atoms with Crippen LogP contribution in [0.4, 0.5) is 0 Å². The van der Waals surface area contributed by atoms with Gasteiger partial charge in [-0.1, -0.05) is 20.3 Å². The lowest BCUT2D eigenvalue weighted by molar-refractivity contribution is 0.0208. The van der Waals surface area contributed by atoms with Gasteiger partial charge in [0.15, 0.2) is 0 Å². The number of fused-ring (bicyclic) bond motifs is 1. The summed E-state index contributed by atoms with van der Waals surface area (Å²) in [5, 5.41) is 0. The standard InChI is InChI=1S/C14H28N2/c1-4-7-12(3)16-11-14-8-6-9-15(14)10-13(16)5-2/h12-14H,4-11H2,1-3H3. The van der Waals surface area contributed by atoms with Crippen molar-refractivity contribution in [1.82, 2.24) is 9.80 Å². The van der Waals surface area contributed by atoms with Crippen LogP contribution in [-0.2, 0) is 0 Å². The van der Waals surface area contributed by atoms with Crippen LogP contribution in [0.15, 0.2) is 0 Å². The first-order valence-corrected chi connectivity index (χ1v) is 7.26. The lowest BCUT2D eigenvalue weighted by Crippen LogP contribution is -2.58. The van der Waals surface area contributed by atoms with E-state index in [-0.39, 0.29) is 0 Å². The highest BCUT2D eigenvalue weighted by atomic mass is 15.3. The van der Waals surface area contributed by atoms with Gasteiger partial charge in [0.2, 0.25) is 0 Å². The molecule has 0 spiro atoms. The average molecular weight is 224 g/mol. The predicted molar refractivity (Wildman–Crippen MR) is 69.8 cm³/mol. The smallest absolute Gasteiger partial charge is 0.0224 e. The van der Waals surface area contributed by atoms with Crippen LogP contribution in [0, 0.1) is 0 Å². The summed E-state index contributed by atoms with van der Waals surface area (Å²) in [7, 11) is 0. The molecule has 0 saturated carbocycles. The monoisotopic (exact) mass is 224 g/mol. The van der Waals surface area contributed by atoms with E-state index in [1.807, 2.05) is 0 Å². The molecule has 0 aromatic rings. The number of hydrogen-bond acceptors (Lipinski definition) is 2. The molecule has 0 radical (unpaired) electrons. The summed E-state index contributed by atoms with van der Waals surface area (Å²) in [6.45, 7) is 11.1. The van der Waals surface area contributed by atoms with Gasteiger partial charge >= 0.3 is 0 Å². The highest BCUT2D eigenvalue weighted by molar-refractivity contribution is 4.93. The highest BCUT2D eigenvalue weighted by Crippen LogP contribution is 2.28. The Morgan fingerprint density at radius 3 is 2.75 bits per heavy atom. The zero-order valence-corrected chi connectivity index (χ0v) is 11.3. The average Bonchev–Trinajstić information content (AvgIpc) is 2.74. The number of hydrogen-bond donors (Lipinski definition) is 0. The van der Waals surface area contributed by atoms with Crippen LogP contribution in [-0.4, -0.2) is 47.6 Å². The van der Waals surface area contributed by atoms with Gasteiger partial charge in [0, 0.05) is 31.2 Å². The van der Waals surface area contributed by atoms with E-state index >= 15 is 0 Å². The van der Waals surface area contributed by atoms with Crippen LogP contribution in [0.5, 0.6) is 0 Å². The van der Waals surface area contributed by atoms with Crippen molar-refractivity contribution in [3.05, 3.63) is 0 Å². The fourth-order valence-corrected chi connectivity index (χ4v) is 3.60. The van der Waals surface area contributed by atoms with Gasteiger partial charge in [0.05, 0.1) is 0 Å². The molecule has 2 saturated heterocycles. The molecule has 3 unspecified atom stereocenters. The van der Waals surface area contributed by atoms with Crippen LogP contribution < -0.4 is 0 Å². The molecule has 2 heterocycles. The zero-order valence-electron chi connectivity index (χ0n) is 11.3. The first-order valence-electron chi connectivity index (χ1n) is 7.26. The first-order chi connectivity index (χ1) is 7.76. The second-order valence-electron chi connectivity index (χ2n) is 5.69. The third-order valence-corrected chi connectivity index (χ3v) is 4.58. The first kappa shape index (κ1) is 12.4. The molecule has 94 valence electrons. The lowest BCUT2D eigenvalue weighted by Gasteiger charge is -2.46. The van der Waals surface area contributed by atoms with Crippen LogP contribution in [0.25, 0.3) is 0 Å². The van der Waals surface area contributed by atoms with E-state index in [1.165, 1.54) is 51.7 Å². The van der Waals surface area contributed by atoms with Gasteiger partial charge in [-0.3, -0.25) is 9.80 Å². The molecule has 0 aliphatic carbocycles. The largest absolute Gasteiger partial charge is 0.298 e. The maximum atomic E-state index is 2.80. The fraction of sp³-hybridized carbons (Fsp3) is 1.00. The third-order valence-electron chi connectivity index (χ3n) is 4.58. The Bertz CT molecular complexity index is 217. The highest BCUT2D eigenvalue weighted by Gasteiger charge is 2.36. The molecule has 0 aromatic heterocycles. The molecule has 0 N–H and O–H groups in total. The van der Waals surface area contributed by atoms with Gasteiger partial charge in [0.1, 0.15) is 0 Å². The van der Waals surface area contributed by atoms with Gasteiger partial charge < -0.3 is 0 Å². The van der Waals surface area contributed by atoms with Gasteiger partial charge in [-0.2, -0.15) is 0 Å². The summed E-state index contributed by atoms with van der Waals surface area (Å²) in [6, 6.07) is 2.48. The number of nitrogens with zero attached hydrogens (tertiary/aromatic N) is 2. The Balaban J connectivity index is 1.98. The molecule has 0 aromatic carbocycles. The summed E-state index contributed by atoms with van der Waals surface area (Å²) in [5.41, 5.74) is 0. The molecule has 2 heteroatoms. The fourth-order valence-electron chi connectivity index (χ4n) is 3.60. The molecular weight excluding hydrogens is 196 g/mol. The molecule has 0 amide bonds. The number of rotatable bonds is 4. The van der Waals surface area contributed by atoms with Crippen LogP contribution in [0.3, 0.4) is 0 Å². The van der Waals surface area contributed by atoms with Crippen LogP contribution >= 0.6 is 0 Å². The summed E-state index contributed by atoms with van der Waals surface area (Å²) in [6.07, 6.45) is 6.87. The summed E-state index contributed by atoms with van der Waals surface area (Å²) >= 11 is 0. The molecular formula is C14H28N2. The second kappa shape index (κ2) is 5.50. The Labute approximate surface area is 101 Å². The molecule has 16 heavy (non-hydrogen) atoms. The molecule has 2 aliphatic rings. The van der Waals surface area contributed by atoms with Gasteiger partial charge in [-0.25, -0.2) is 0 Å². The van der Waals surface area contributed by atoms with E-state index in [1.54, 1.807) is 0 Å². The van der Waals surface area contributed by atoms with E-state index < -0.39 is 0 Å². The molecule has 3 atom stereocenters. The minimum atomic E-state index is 0.790. The number of piperazine rings is 1. The van der Waals surface area contributed by atoms with Crippen molar-refractivity contribution in [2.45, 2.75) is 71.0 Å². The second-order valence-corrected chi connectivity index (χ2v) is 5.69. The SMILES string of the molecule is CCCC(C)N1CC2CCCN2CC1CC. The van der Waals surface area contributed by atoms with E-state index in [0.29, 0.717) is 0 Å². The van der Waals surface area contributed by atoms with Gasteiger partial charge in [0.25, 0.3) is 0 Å². The summed E-state index contributed by atoms with van der Waals surface area (Å²) in [4.78, 5) is 5.54. The molecule has 2 aliphatic heterocycles. The Morgan fingerprint density at radius 2 is 2.06 bits per heavy atom. The van der Waals surface area contributed by atoms with Crippen LogP contribution in [0.2, 0.25) is 0 Å². The molecule has 2 nitrogen and oxygen atoms in total. The van der Waals surface area contributed by atoms with Crippen molar-refractivity contribution in [2.24, 2.45) is 0 Å². The zero-order chi connectivity index (χ0) is 11.5. The van der Waals surface area contributed by atoms with Crippen molar-refractivity contribution in [1.29, 1.82) is 0 Å². The minimum absolute atomic E-state index is 0.790. The van der Waals surface area contributed by atoms with Crippen molar-refractivity contribution in [2.75, 3.05) is 19.6 Å². The van der Waals surface area contributed by atoms with Crippen molar-refractivity contribution in [3.63, 3.8) is 0 Å². The van der Waals surface area contributed by atoms with Gasteiger partial charge in [-0.05, 0) is 39.2 Å². The van der Waals surface area contributed by atoms with Crippen molar-refractivity contribution >= 4 is 0 Å². The van der Waals surface area contributed by atoms with Crippen LogP contribution in [0.1, 0.15) is 52.9 Å². The van der Waals surface area contributed by atoms with Gasteiger partial charge in [-0.15, -0.1) is 0 Å². The van der Waals surface area contributed by atoms with Crippen molar-refractivity contribution in [3.8, 4) is 0 Å². The van der Waals surface area contributed by atoms with E-state index in [0.717, 1.165) is 18.1 Å². The van der Waals surface area contributed by atoms with Crippen molar-refractivity contribution < 1.29 is 0 Å². The Kier molecular flexibility index (Phi) is 4.26. The van der Waals surface area contributed by atoms with E-state index in [9.17, 15) is 0 Å². The van der Waals surface area contributed by atoms with E-state index in [2.05, 4.69) is 30.6 Å². The summed E-state index contributed by atoms with van der Waals surface area (Å²) < 4.78 is 0. The molecule has 2 fully saturated rings. The third kappa shape index (κ3) is 2.43. The Hall–Kier alpha value is -0.0800. The van der Waals surface area contributed by atoms with E-state index in [4.69, 9.17) is 0 Å². The molecule has 2 rings (SSSR count). The Morgan fingerprint density at radius 1 is 1.25 bits per heavy atom. The maximum absolute atomic E-state index is 2.80. The predicted octanol–water partition coefficient (Wildman–Crippen LogP) is 2.73. The summed E-state index contributed by atoms with van der Waals surface area (Å²) in [5.74, 6) is 0. The minimum Gasteiger partial charge on any atom is -0.298 e. The topological polar surface area (TPSA) is 6.48 Å². The maximum Gasteiger partial charge on any atom is 0.0224 e. The lowest BCUT2D eigenvalue weighted by atomic mass is 10.0.